The fraction of sp³-hybridized carbons (Fsp3) is 0.231. The summed E-state index contributed by atoms with van der Waals surface area (Å²) in [5, 5.41) is 8.78. The minimum absolute atomic E-state index is 0.0724. The smallest absolute Gasteiger partial charge is 0.307 e. The number of aromatic amines is 1. The number of nitrogens with zero attached hydrogens (tertiary/aromatic N) is 2. The summed E-state index contributed by atoms with van der Waals surface area (Å²) >= 11 is 0. The van der Waals surface area contributed by atoms with E-state index >= 15 is 0 Å². The van der Waals surface area contributed by atoms with Crippen LogP contribution in [0.4, 0.5) is 0 Å². The van der Waals surface area contributed by atoms with Crippen LogP contribution in [0.15, 0.2) is 29.1 Å². The second kappa shape index (κ2) is 5.78. The number of carbonyl (C=O) groups excluding carboxylic acids is 1. The molecule has 0 atom stereocenters. The zero-order valence-corrected chi connectivity index (χ0v) is 10.0. The van der Waals surface area contributed by atoms with E-state index in [0.717, 1.165) is 0 Å². The Morgan fingerprint density at radius 2 is 2.21 bits per heavy atom. The van der Waals surface area contributed by atoms with E-state index in [4.69, 9.17) is 5.26 Å². The van der Waals surface area contributed by atoms with Gasteiger partial charge >= 0.3 is 5.97 Å². The first-order valence-electron chi connectivity index (χ1n) is 5.71. The van der Waals surface area contributed by atoms with E-state index in [1.54, 1.807) is 30.3 Å². The maximum Gasteiger partial charge on any atom is 0.307 e. The van der Waals surface area contributed by atoms with Gasteiger partial charge in [0, 0.05) is 6.42 Å². The van der Waals surface area contributed by atoms with Crippen LogP contribution in [0.3, 0.4) is 0 Å². The molecular formula is C13H11N3O3. The lowest BCUT2D eigenvalue weighted by Crippen LogP contribution is -2.14. The monoisotopic (exact) mass is 257 g/mol. The Labute approximate surface area is 108 Å². The van der Waals surface area contributed by atoms with Crippen molar-refractivity contribution in [3.05, 3.63) is 40.4 Å². The van der Waals surface area contributed by atoms with Crippen molar-refractivity contribution in [2.24, 2.45) is 0 Å². The van der Waals surface area contributed by atoms with Crippen LogP contribution in [-0.2, 0) is 16.0 Å². The van der Waals surface area contributed by atoms with E-state index in [1.807, 2.05) is 0 Å². The molecule has 6 heteroatoms. The van der Waals surface area contributed by atoms with Gasteiger partial charge in [-0.15, -0.1) is 0 Å². The van der Waals surface area contributed by atoms with E-state index in [2.05, 4.69) is 14.7 Å². The topological polar surface area (TPSA) is 95.8 Å². The lowest BCUT2D eigenvalue weighted by atomic mass is 10.2. The summed E-state index contributed by atoms with van der Waals surface area (Å²) in [4.78, 5) is 29.9. The van der Waals surface area contributed by atoms with Crippen LogP contribution in [0.2, 0.25) is 0 Å². The molecule has 96 valence electrons. The van der Waals surface area contributed by atoms with Crippen LogP contribution >= 0.6 is 0 Å². The lowest BCUT2D eigenvalue weighted by Gasteiger charge is -2.02. The summed E-state index contributed by atoms with van der Waals surface area (Å²) in [6, 6.07) is 8.69. The molecule has 0 fully saturated rings. The first kappa shape index (κ1) is 12.8. The van der Waals surface area contributed by atoms with Crippen LogP contribution in [-0.4, -0.2) is 22.5 Å². The van der Waals surface area contributed by atoms with Gasteiger partial charge in [-0.3, -0.25) is 9.59 Å². The van der Waals surface area contributed by atoms with Gasteiger partial charge in [0.05, 0.1) is 17.3 Å². The molecule has 0 bridgehead atoms. The van der Waals surface area contributed by atoms with Gasteiger partial charge in [-0.25, -0.2) is 4.98 Å². The largest absolute Gasteiger partial charge is 0.450 e. The quantitative estimate of drug-likeness (QED) is 0.822. The molecule has 0 unspecified atom stereocenters. The first-order valence-corrected chi connectivity index (χ1v) is 5.71. The highest BCUT2D eigenvalue weighted by Crippen LogP contribution is 2.06. The Hall–Kier alpha value is -2.68. The van der Waals surface area contributed by atoms with Gasteiger partial charge in [0.2, 0.25) is 0 Å². The fourth-order valence-corrected chi connectivity index (χ4v) is 1.66. The highest BCUT2D eigenvalue weighted by Gasteiger charge is 2.07. The summed E-state index contributed by atoms with van der Waals surface area (Å²) in [7, 11) is 0. The Morgan fingerprint density at radius 1 is 1.42 bits per heavy atom. The number of ether oxygens (including phenoxy) is 1. The molecule has 0 aliphatic heterocycles. The van der Waals surface area contributed by atoms with Gasteiger partial charge < -0.3 is 9.72 Å². The van der Waals surface area contributed by atoms with Crippen LogP contribution in [0, 0.1) is 11.3 Å². The molecule has 1 N–H and O–H groups in total. The summed E-state index contributed by atoms with van der Waals surface area (Å²) in [5.41, 5.74) is 0.359. The van der Waals surface area contributed by atoms with Crippen molar-refractivity contribution in [2.75, 3.05) is 6.61 Å². The molecule has 0 aliphatic rings. The number of carbonyl (C=O) groups is 1. The summed E-state index contributed by atoms with van der Waals surface area (Å²) in [6.45, 7) is -0.263. The predicted octanol–water partition coefficient (Wildman–Crippen LogP) is 0.922. The molecule has 0 amide bonds. The number of nitrogens with one attached hydrogen (secondary N) is 1. The number of rotatable bonds is 4. The van der Waals surface area contributed by atoms with Crippen molar-refractivity contribution in [2.45, 2.75) is 12.8 Å². The van der Waals surface area contributed by atoms with Crippen LogP contribution < -0.4 is 5.56 Å². The zero-order valence-electron chi connectivity index (χ0n) is 10.0. The number of hydrogen-bond donors (Lipinski definition) is 1. The normalized spacial score (nSPS) is 10.1. The highest BCUT2D eigenvalue weighted by molar-refractivity contribution is 5.77. The molecular weight excluding hydrogens is 246 g/mol. The highest BCUT2D eigenvalue weighted by atomic mass is 16.5. The van der Waals surface area contributed by atoms with E-state index in [1.165, 1.54) is 0 Å². The van der Waals surface area contributed by atoms with Crippen molar-refractivity contribution in [1.82, 2.24) is 9.97 Å². The molecule has 0 saturated heterocycles. The van der Waals surface area contributed by atoms with E-state index in [-0.39, 0.29) is 25.0 Å². The number of aryl methyl sites for hydroxylation is 1. The van der Waals surface area contributed by atoms with E-state index in [9.17, 15) is 9.59 Å². The lowest BCUT2D eigenvalue weighted by molar-refractivity contribution is -0.142. The third-order valence-electron chi connectivity index (χ3n) is 2.53. The van der Waals surface area contributed by atoms with Crippen molar-refractivity contribution in [1.29, 1.82) is 5.26 Å². The third kappa shape index (κ3) is 3.16. The maximum absolute atomic E-state index is 11.8. The van der Waals surface area contributed by atoms with E-state index < -0.39 is 5.97 Å². The van der Waals surface area contributed by atoms with Crippen LogP contribution in [0.5, 0.6) is 0 Å². The number of fused-ring (bicyclic) bond motifs is 1. The van der Waals surface area contributed by atoms with Gasteiger partial charge in [0.1, 0.15) is 11.9 Å². The fourth-order valence-electron chi connectivity index (χ4n) is 1.66. The first-order chi connectivity index (χ1) is 9.20. The number of H-pyrrole nitrogens is 1. The van der Waals surface area contributed by atoms with Gasteiger partial charge in [-0.05, 0) is 12.1 Å². The molecule has 2 rings (SSSR count). The van der Waals surface area contributed by atoms with Crippen LogP contribution in [0.25, 0.3) is 10.9 Å². The third-order valence-corrected chi connectivity index (χ3v) is 2.53. The molecule has 1 heterocycles. The van der Waals surface area contributed by atoms with Crippen molar-refractivity contribution < 1.29 is 9.53 Å². The number of para-hydroxylation sites is 1. The zero-order chi connectivity index (χ0) is 13.7. The van der Waals surface area contributed by atoms with Gasteiger partial charge in [-0.1, -0.05) is 12.1 Å². The van der Waals surface area contributed by atoms with Gasteiger partial charge in [-0.2, -0.15) is 5.26 Å². The Bertz CT molecular complexity index is 700. The Balaban J connectivity index is 2.12. The number of esters is 1. The summed E-state index contributed by atoms with van der Waals surface area (Å²) in [5.74, 6) is -0.0602. The number of hydrogen-bond acceptors (Lipinski definition) is 5. The second-order valence-corrected chi connectivity index (χ2v) is 3.85. The molecule has 0 spiro atoms. The SMILES string of the molecule is N#CCOC(=O)CCc1nc2ccccc2c(=O)[nH]1. The minimum atomic E-state index is -0.489. The van der Waals surface area contributed by atoms with Gasteiger partial charge in [0.15, 0.2) is 6.61 Å². The molecule has 0 radical (unpaired) electrons. The molecule has 1 aromatic heterocycles. The Kier molecular flexibility index (Phi) is 3.88. The molecule has 0 aliphatic carbocycles. The summed E-state index contributed by atoms with van der Waals surface area (Å²) in [6.07, 6.45) is 0.341. The van der Waals surface area contributed by atoms with E-state index in [0.29, 0.717) is 16.7 Å². The second-order valence-electron chi connectivity index (χ2n) is 3.85. The molecule has 19 heavy (non-hydrogen) atoms. The number of benzene rings is 1. The average Bonchev–Trinajstić information content (AvgIpc) is 2.43. The Morgan fingerprint density at radius 3 is 3.00 bits per heavy atom. The predicted molar refractivity (Wildman–Crippen MR) is 67.3 cm³/mol. The average molecular weight is 257 g/mol. The number of nitriles is 1. The van der Waals surface area contributed by atoms with Crippen molar-refractivity contribution in [3.63, 3.8) is 0 Å². The van der Waals surface area contributed by atoms with Crippen molar-refractivity contribution in [3.8, 4) is 6.07 Å². The summed E-state index contributed by atoms with van der Waals surface area (Å²) < 4.78 is 4.61. The van der Waals surface area contributed by atoms with Crippen LogP contribution in [0.1, 0.15) is 12.2 Å². The maximum atomic E-state index is 11.8. The standard InChI is InChI=1S/C13H11N3O3/c14-7-8-19-12(17)6-5-11-15-10-4-2-1-3-9(10)13(18)16-11/h1-4H,5-6,8H2,(H,15,16,18). The molecule has 1 aromatic carbocycles. The van der Waals surface area contributed by atoms with Crippen molar-refractivity contribution >= 4 is 16.9 Å². The minimum Gasteiger partial charge on any atom is -0.450 e. The molecule has 6 nitrogen and oxygen atoms in total. The molecule has 2 aromatic rings. The number of aromatic nitrogens is 2. The van der Waals surface area contributed by atoms with Gasteiger partial charge in [0.25, 0.3) is 5.56 Å². The molecule has 0 saturated carbocycles.